The highest BCUT2D eigenvalue weighted by molar-refractivity contribution is 5.89. The zero-order valence-corrected chi connectivity index (χ0v) is 9.63. The second-order valence-electron chi connectivity index (χ2n) is 4.14. The molecule has 0 heterocycles. The lowest BCUT2D eigenvalue weighted by molar-refractivity contribution is 0.465. The highest BCUT2D eigenvalue weighted by Gasteiger charge is 2.13. The van der Waals surface area contributed by atoms with Crippen LogP contribution < -0.4 is 0 Å². The topological polar surface area (TPSA) is 20.2 Å². The molecule has 2 aromatic carbocycles. The molecule has 0 aromatic heterocycles. The van der Waals surface area contributed by atoms with Gasteiger partial charge in [-0.15, -0.1) is 0 Å². The van der Waals surface area contributed by atoms with Crippen LogP contribution in [0, 0.1) is 11.6 Å². The minimum absolute atomic E-state index is 0.0152. The molecule has 0 saturated heterocycles. The van der Waals surface area contributed by atoms with Crippen molar-refractivity contribution in [2.45, 2.75) is 26.2 Å². The predicted octanol–water partition coefficient (Wildman–Crippen LogP) is 4.17. The number of hydrogen-bond donors (Lipinski definition) is 1. The van der Waals surface area contributed by atoms with Crippen LogP contribution in [0.3, 0.4) is 0 Å². The van der Waals surface area contributed by atoms with E-state index in [-0.39, 0.29) is 11.1 Å². The van der Waals surface area contributed by atoms with E-state index in [9.17, 15) is 13.9 Å². The van der Waals surface area contributed by atoms with Gasteiger partial charge in [0.05, 0.1) is 5.39 Å². The highest BCUT2D eigenvalue weighted by Crippen LogP contribution is 2.32. The molecule has 0 fully saturated rings. The molecular weight excluding hydrogens is 222 g/mol. The number of rotatable bonds is 3. The van der Waals surface area contributed by atoms with Crippen LogP contribution in [0.4, 0.5) is 8.78 Å². The molecule has 0 atom stereocenters. The van der Waals surface area contributed by atoms with Crippen molar-refractivity contribution >= 4 is 10.8 Å². The lowest BCUT2D eigenvalue weighted by atomic mass is 10.0. The van der Waals surface area contributed by atoms with E-state index in [0.717, 1.165) is 18.9 Å². The summed E-state index contributed by atoms with van der Waals surface area (Å²) < 4.78 is 26.8. The standard InChI is InChI=1S/C14H14F2O/c1-2-3-4-10-6-5-9-7-8-11(15)13(16)12(9)14(10)17/h5-8,17H,2-4H2,1H3. The average molecular weight is 236 g/mol. The van der Waals surface area contributed by atoms with Gasteiger partial charge in [0.15, 0.2) is 11.6 Å². The molecule has 2 aromatic rings. The van der Waals surface area contributed by atoms with E-state index in [1.54, 1.807) is 12.1 Å². The number of aromatic hydroxyl groups is 1. The van der Waals surface area contributed by atoms with Gasteiger partial charge < -0.3 is 5.11 Å². The second kappa shape index (κ2) is 4.70. The molecule has 0 saturated carbocycles. The molecule has 1 nitrogen and oxygen atoms in total. The van der Waals surface area contributed by atoms with E-state index < -0.39 is 11.6 Å². The quantitative estimate of drug-likeness (QED) is 0.848. The van der Waals surface area contributed by atoms with E-state index >= 15 is 0 Å². The summed E-state index contributed by atoms with van der Waals surface area (Å²) in [4.78, 5) is 0. The fourth-order valence-electron chi connectivity index (χ4n) is 1.94. The number of halogens is 2. The maximum Gasteiger partial charge on any atom is 0.170 e. The van der Waals surface area contributed by atoms with Crippen LogP contribution in [0.5, 0.6) is 5.75 Å². The molecular formula is C14H14F2O. The smallest absolute Gasteiger partial charge is 0.170 e. The number of fused-ring (bicyclic) bond motifs is 1. The number of benzene rings is 2. The third-order valence-corrected chi connectivity index (χ3v) is 2.93. The number of hydrogen-bond acceptors (Lipinski definition) is 1. The Morgan fingerprint density at radius 2 is 1.82 bits per heavy atom. The number of unbranched alkanes of at least 4 members (excludes halogenated alkanes) is 1. The minimum atomic E-state index is -0.974. The first-order valence-corrected chi connectivity index (χ1v) is 5.73. The monoisotopic (exact) mass is 236 g/mol. The summed E-state index contributed by atoms with van der Waals surface area (Å²) in [5.41, 5.74) is 0.670. The Bertz CT molecular complexity index is 549. The van der Waals surface area contributed by atoms with E-state index in [1.165, 1.54) is 6.07 Å². The van der Waals surface area contributed by atoms with Crippen molar-refractivity contribution in [3.05, 3.63) is 41.5 Å². The van der Waals surface area contributed by atoms with Crippen molar-refractivity contribution in [1.82, 2.24) is 0 Å². The first kappa shape index (κ1) is 11.8. The van der Waals surface area contributed by atoms with Crippen molar-refractivity contribution in [3.8, 4) is 5.75 Å². The van der Waals surface area contributed by atoms with Crippen LogP contribution in [-0.4, -0.2) is 5.11 Å². The lowest BCUT2D eigenvalue weighted by Crippen LogP contribution is -1.91. The summed E-state index contributed by atoms with van der Waals surface area (Å²) in [6, 6.07) is 6.02. The molecule has 0 radical (unpaired) electrons. The molecule has 0 aliphatic rings. The molecule has 2 rings (SSSR count). The van der Waals surface area contributed by atoms with E-state index in [0.29, 0.717) is 17.4 Å². The Labute approximate surface area is 98.7 Å². The Morgan fingerprint density at radius 1 is 1.12 bits per heavy atom. The van der Waals surface area contributed by atoms with Crippen molar-refractivity contribution in [2.24, 2.45) is 0 Å². The molecule has 0 unspecified atom stereocenters. The molecule has 1 N–H and O–H groups in total. The Hall–Kier alpha value is -1.64. The molecule has 90 valence electrons. The van der Waals surface area contributed by atoms with Gasteiger partial charge in [-0.2, -0.15) is 0 Å². The van der Waals surface area contributed by atoms with Crippen LogP contribution in [0.1, 0.15) is 25.3 Å². The number of phenolic OH excluding ortho intramolecular Hbond substituents is 1. The summed E-state index contributed by atoms with van der Waals surface area (Å²) in [6.07, 6.45) is 2.58. The Kier molecular flexibility index (Phi) is 3.27. The summed E-state index contributed by atoms with van der Waals surface area (Å²) in [6.45, 7) is 2.04. The maximum atomic E-state index is 13.6. The van der Waals surface area contributed by atoms with E-state index in [2.05, 4.69) is 0 Å². The van der Waals surface area contributed by atoms with Crippen molar-refractivity contribution in [1.29, 1.82) is 0 Å². The van der Waals surface area contributed by atoms with Crippen LogP contribution in [0.2, 0.25) is 0 Å². The van der Waals surface area contributed by atoms with Gasteiger partial charge >= 0.3 is 0 Å². The van der Waals surface area contributed by atoms with Crippen molar-refractivity contribution in [2.75, 3.05) is 0 Å². The Morgan fingerprint density at radius 3 is 2.53 bits per heavy atom. The normalized spacial score (nSPS) is 11.0. The van der Waals surface area contributed by atoms with Crippen molar-refractivity contribution < 1.29 is 13.9 Å². The van der Waals surface area contributed by atoms with Gasteiger partial charge in [-0.05, 0) is 29.9 Å². The SMILES string of the molecule is CCCCc1ccc2ccc(F)c(F)c2c1O. The van der Waals surface area contributed by atoms with Gasteiger partial charge in [-0.3, -0.25) is 0 Å². The van der Waals surface area contributed by atoms with Gasteiger partial charge in [0.2, 0.25) is 0 Å². The molecule has 17 heavy (non-hydrogen) atoms. The first-order chi connectivity index (χ1) is 8.15. The number of phenols is 1. The van der Waals surface area contributed by atoms with Crippen molar-refractivity contribution in [3.63, 3.8) is 0 Å². The van der Waals surface area contributed by atoms with Gasteiger partial charge in [-0.25, -0.2) is 8.78 Å². The molecule has 0 spiro atoms. The second-order valence-corrected chi connectivity index (χ2v) is 4.14. The minimum Gasteiger partial charge on any atom is -0.507 e. The summed E-state index contributed by atoms with van der Waals surface area (Å²) in [5, 5.41) is 10.5. The van der Waals surface area contributed by atoms with Crippen LogP contribution in [-0.2, 0) is 6.42 Å². The van der Waals surface area contributed by atoms with Gasteiger partial charge in [0.25, 0.3) is 0 Å². The van der Waals surface area contributed by atoms with Crippen LogP contribution in [0.15, 0.2) is 24.3 Å². The maximum absolute atomic E-state index is 13.6. The third-order valence-electron chi connectivity index (χ3n) is 2.93. The fraction of sp³-hybridized carbons (Fsp3) is 0.286. The average Bonchev–Trinajstić information content (AvgIpc) is 2.33. The van der Waals surface area contributed by atoms with Crippen LogP contribution >= 0.6 is 0 Å². The number of aryl methyl sites for hydroxylation is 1. The summed E-state index contributed by atoms with van der Waals surface area (Å²) in [5.74, 6) is -2.04. The van der Waals surface area contributed by atoms with Gasteiger partial charge in [0.1, 0.15) is 5.75 Å². The van der Waals surface area contributed by atoms with Gasteiger partial charge in [0, 0.05) is 0 Å². The molecule has 0 aliphatic heterocycles. The summed E-state index contributed by atoms with van der Waals surface area (Å²) >= 11 is 0. The first-order valence-electron chi connectivity index (χ1n) is 5.73. The zero-order valence-electron chi connectivity index (χ0n) is 9.63. The lowest BCUT2D eigenvalue weighted by Gasteiger charge is -2.08. The van der Waals surface area contributed by atoms with Gasteiger partial charge in [-0.1, -0.05) is 31.5 Å². The van der Waals surface area contributed by atoms with Crippen LogP contribution in [0.25, 0.3) is 10.8 Å². The molecule has 0 aliphatic carbocycles. The highest BCUT2D eigenvalue weighted by atomic mass is 19.2. The Balaban J connectivity index is 2.61. The van der Waals surface area contributed by atoms with E-state index in [4.69, 9.17) is 0 Å². The zero-order chi connectivity index (χ0) is 12.4. The fourth-order valence-corrected chi connectivity index (χ4v) is 1.94. The largest absolute Gasteiger partial charge is 0.507 e. The molecule has 0 amide bonds. The van der Waals surface area contributed by atoms with E-state index in [1.807, 2.05) is 6.92 Å². The predicted molar refractivity (Wildman–Crippen MR) is 64.1 cm³/mol. The third kappa shape index (κ3) is 2.09. The summed E-state index contributed by atoms with van der Waals surface area (Å²) in [7, 11) is 0. The molecule has 3 heteroatoms. The molecule has 0 bridgehead atoms.